The van der Waals surface area contributed by atoms with E-state index in [1.54, 1.807) is 0 Å². The highest BCUT2D eigenvalue weighted by molar-refractivity contribution is 6.97. The summed E-state index contributed by atoms with van der Waals surface area (Å²) in [6, 6.07) is 29.0. The van der Waals surface area contributed by atoms with Crippen LogP contribution >= 0.6 is 0 Å². The van der Waals surface area contributed by atoms with E-state index in [9.17, 15) is 0 Å². The van der Waals surface area contributed by atoms with Crippen LogP contribution in [0.3, 0.4) is 0 Å². The normalized spacial score (nSPS) is 12.9. The third-order valence-corrected chi connectivity index (χ3v) is 10.9. The number of aryl methyl sites for hydroxylation is 2. The van der Waals surface area contributed by atoms with Gasteiger partial charge in [-0.1, -0.05) is 75.9 Å². The van der Waals surface area contributed by atoms with Gasteiger partial charge in [0.05, 0.1) is 13.2 Å². The van der Waals surface area contributed by atoms with Crippen molar-refractivity contribution in [3.63, 3.8) is 0 Å². The van der Waals surface area contributed by atoms with E-state index in [0.29, 0.717) is 13.2 Å². The Hall–Kier alpha value is -3.70. The Labute approximate surface area is 246 Å². The lowest BCUT2D eigenvalue weighted by Gasteiger charge is -2.30. The standard InChI is InChI=1S/C36H42O4Si/c1-5-7-15-21-37-33-25-31-32-26-34(38-22-16-8-6-2)28(4)24-36(32)41(35(31)23-27(33)3,39-29-17-11-9-12-18-29)40-30-19-13-10-14-20-30/h9-14,17-20,23-26H,5-8,15-16,21-22H2,1-4H3. The lowest BCUT2D eigenvalue weighted by molar-refractivity contribution is 0.304. The van der Waals surface area contributed by atoms with Gasteiger partial charge in [-0.05, 0) is 97.5 Å². The molecule has 1 aliphatic rings. The number of unbranched alkanes of at least 4 members (excludes halogenated alkanes) is 4. The van der Waals surface area contributed by atoms with Gasteiger partial charge in [-0.2, -0.15) is 0 Å². The number of fused-ring (bicyclic) bond motifs is 3. The first-order valence-electron chi connectivity index (χ1n) is 15.1. The van der Waals surface area contributed by atoms with Gasteiger partial charge in [0, 0.05) is 10.4 Å². The quantitative estimate of drug-likeness (QED) is 0.114. The second kappa shape index (κ2) is 13.3. The van der Waals surface area contributed by atoms with E-state index in [-0.39, 0.29) is 0 Å². The number of ether oxygens (including phenoxy) is 2. The van der Waals surface area contributed by atoms with Crippen LogP contribution in [-0.4, -0.2) is 21.8 Å². The SMILES string of the molecule is CCCCCOc1cc2c(cc1C)[Si](Oc1ccccc1)(Oc1ccccc1)c1cc(C)c(OCCCCC)cc1-2. The van der Waals surface area contributed by atoms with Crippen molar-refractivity contribution in [1.29, 1.82) is 0 Å². The van der Waals surface area contributed by atoms with E-state index in [2.05, 4.69) is 52.0 Å². The topological polar surface area (TPSA) is 36.9 Å². The molecule has 1 aliphatic heterocycles. The molecular weight excluding hydrogens is 524 g/mol. The Morgan fingerprint density at radius 2 is 0.951 bits per heavy atom. The van der Waals surface area contributed by atoms with Crippen molar-refractivity contribution >= 4 is 18.9 Å². The first-order chi connectivity index (χ1) is 20.1. The molecule has 0 unspecified atom stereocenters. The number of hydrogen-bond donors (Lipinski definition) is 0. The first kappa shape index (κ1) is 28.8. The summed E-state index contributed by atoms with van der Waals surface area (Å²) >= 11 is 0. The summed E-state index contributed by atoms with van der Waals surface area (Å²) < 4.78 is 26.8. The Bertz CT molecular complexity index is 1320. The zero-order chi connectivity index (χ0) is 28.7. The molecule has 1 heterocycles. The molecule has 4 nitrogen and oxygen atoms in total. The zero-order valence-electron chi connectivity index (χ0n) is 24.9. The van der Waals surface area contributed by atoms with Crippen LogP contribution in [0.4, 0.5) is 0 Å². The molecule has 0 amide bonds. The third-order valence-electron chi connectivity index (χ3n) is 7.65. The maximum atomic E-state index is 7.07. The molecule has 0 fully saturated rings. The minimum absolute atomic E-state index is 0.712. The molecule has 0 radical (unpaired) electrons. The van der Waals surface area contributed by atoms with Gasteiger partial charge in [0.2, 0.25) is 0 Å². The maximum absolute atomic E-state index is 7.07. The van der Waals surface area contributed by atoms with Crippen molar-refractivity contribution in [3.05, 3.63) is 96.1 Å². The highest BCUT2D eigenvalue weighted by atomic mass is 28.4. The van der Waals surface area contributed by atoms with Crippen LogP contribution in [-0.2, 0) is 0 Å². The van der Waals surface area contributed by atoms with Gasteiger partial charge >= 0.3 is 8.56 Å². The van der Waals surface area contributed by atoms with Crippen LogP contribution in [0.1, 0.15) is 63.5 Å². The number of hydrogen-bond acceptors (Lipinski definition) is 4. The molecule has 0 bridgehead atoms. The molecule has 0 aromatic heterocycles. The van der Waals surface area contributed by atoms with E-state index in [1.807, 2.05) is 60.7 Å². The summed E-state index contributed by atoms with van der Waals surface area (Å²) in [6.07, 6.45) is 6.76. The summed E-state index contributed by atoms with van der Waals surface area (Å²) in [4.78, 5) is 0. The van der Waals surface area contributed by atoms with Crippen molar-refractivity contribution in [2.75, 3.05) is 13.2 Å². The second-order valence-electron chi connectivity index (χ2n) is 10.9. The lowest BCUT2D eigenvalue weighted by atomic mass is 10.0. The number of para-hydroxylation sites is 2. The van der Waals surface area contributed by atoms with Gasteiger partial charge in [0.15, 0.2) is 0 Å². The van der Waals surface area contributed by atoms with Crippen LogP contribution in [0, 0.1) is 13.8 Å². The van der Waals surface area contributed by atoms with E-state index in [4.69, 9.17) is 18.3 Å². The molecule has 5 heteroatoms. The summed E-state index contributed by atoms with van der Waals surface area (Å²) in [6.45, 7) is 10.1. The van der Waals surface area contributed by atoms with Gasteiger partial charge in [-0.15, -0.1) is 0 Å². The number of benzene rings is 4. The van der Waals surface area contributed by atoms with Gasteiger partial charge in [0.1, 0.15) is 23.0 Å². The van der Waals surface area contributed by atoms with E-state index in [1.165, 1.54) is 12.8 Å². The molecule has 4 aromatic rings. The van der Waals surface area contributed by atoms with Crippen molar-refractivity contribution in [2.24, 2.45) is 0 Å². The van der Waals surface area contributed by atoms with Crippen molar-refractivity contribution in [2.45, 2.75) is 66.2 Å². The van der Waals surface area contributed by atoms with Crippen molar-refractivity contribution < 1.29 is 18.3 Å². The van der Waals surface area contributed by atoms with Crippen LogP contribution < -0.4 is 28.7 Å². The van der Waals surface area contributed by atoms with Gasteiger partial charge in [-0.3, -0.25) is 0 Å². The highest BCUT2D eigenvalue weighted by Gasteiger charge is 2.56. The highest BCUT2D eigenvalue weighted by Crippen LogP contribution is 2.38. The first-order valence-corrected chi connectivity index (χ1v) is 16.9. The average molecular weight is 567 g/mol. The minimum atomic E-state index is -3.26. The molecule has 0 spiro atoms. The Balaban J connectivity index is 1.67. The fourth-order valence-corrected chi connectivity index (χ4v) is 9.08. The third kappa shape index (κ3) is 6.30. The molecule has 5 rings (SSSR count). The molecule has 4 aromatic carbocycles. The largest absolute Gasteiger partial charge is 0.532 e. The molecule has 41 heavy (non-hydrogen) atoms. The molecule has 214 valence electrons. The van der Waals surface area contributed by atoms with Crippen LogP contribution in [0.2, 0.25) is 0 Å². The summed E-state index contributed by atoms with van der Waals surface area (Å²) in [5, 5.41) is 2.20. The van der Waals surface area contributed by atoms with Gasteiger partial charge in [-0.25, -0.2) is 0 Å². The Kier molecular flexibility index (Phi) is 9.35. The monoisotopic (exact) mass is 566 g/mol. The minimum Gasteiger partial charge on any atom is -0.506 e. The van der Waals surface area contributed by atoms with Crippen LogP contribution in [0.15, 0.2) is 84.9 Å². The second-order valence-corrected chi connectivity index (χ2v) is 13.6. The number of rotatable bonds is 14. The molecule has 0 saturated heterocycles. The van der Waals surface area contributed by atoms with Gasteiger partial charge in [0.25, 0.3) is 0 Å². The van der Waals surface area contributed by atoms with Crippen LogP contribution in [0.5, 0.6) is 23.0 Å². The smallest absolute Gasteiger partial charge is 0.506 e. The Morgan fingerprint density at radius 1 is 0.537 bits per heavy atom. The summed E-state index contributed by atoms with van der Waals surface area (Å²) in [5.41, 5.74) is 4.39. The van der Waals surface area contributed by atoms with E-state index in [0.717, 1.165) is 81.3 Å². The Morgan fingerprint density at radius 3 is 1.34 bits per heavy atom. The van der Waals surface area contributed by atoms with E-state index < -0.39 is 8.56 Å². The van der Waals surface area contributed by atoms with Gasteiger partial charge < -0.3 is 18.3 Å². The average Bonchev–Trinajstić information content (AvgIpc) is 3.21. The fraction of sp³-hybridized carbons (Fsp3) is 0.333. The van der Waals surface area contributed by atoms with Crippen LogP contribution in [0.25, 0.3) is 11.1 Å². The fourth-order valence-electron chi connectivity index (χ4n) is 5.44. The molecule has 0 N–H and O–H groups in total. The molecule has 0 aliphatic carbocycles. The maximum Gasteiger partial charge on any atom is 0.532 e. The zero-order valence-corrected chi connectivity index (χ0v) is 25.9. The van der Waals surface area contributed by atoms with Crippen molar-refractivity contribution in [1.82, 2.24) is 0 Å². The summed E-state index contributed by atoms with van der Waals surface area (Å²) in [5.74, 6) is 3.43. The predicted octanol–water partition coefficient (Wildman–Crippen LogP) is 8.14. The van der Waals surface area contributed by atoms with E-state index >= 15 is 0 Å². The predicted molar refractivity (Wildman–Crippen MR) is 171 cm³/mol. The molecule has 0 atom stereocenters. The molecule has 0 saturated carbocycles. The lowest BCUT2D eigenvalue weighted by Crippen LogP contribution is -2.66. The summed E-state index contributed by atoms with van der Waals surface area (Å²) in [7, 11) is -3.26. The molecular formula is C36H42O4Si. The van der Waals surface area contributed by atoms with Crippen molar-refractivity contribution in [3.8, 4) is 34.1 Å².